The summed E-state index contributed by atoms with van der Waals surface area (Å²) >= 11 is 0. The van der Waals surface area contributed by atoms with Gasteiger partial charge in [0.05, 0.1) is 41.4 Å². The van der Waals surface area contributed by atoms with Gasteiger partial charge in [-0.3, -0.25) is 9.59 Å². The molecule has 0 heterocycles. The van der Waals surface area contributed by atoms with E-state index < -0.39 is 12.2 Å². The second-order valence-corrected chi connectivity index (χ2v) is 18.4. The van der Waals surface area contributed by atoms with Crippen molar-refractivity contribution >= 4 is 35.9 Å². The number of halogens is 1. The van der Waals surface area contributed by atoms with Crippen LogP contribution in [0.25, 0.3) is 0 Å². The molecule has 0 aliphatic heterocycles. The molecule has 0 aromatic heterocycles. The molecule has 0 aliphatic rings. The Balaban J connectivity index is 0. The van der Waals surface area contributed by atoms with Gasteiger partial charge < -0.3 is 27.9 Å². The molecule has 59 heavy (non-hydrogen) atoms. The molecule has 0 bridgehead atoms. The zero-order valence-electron chi connectivity index (χ0n) is 40.3. The summed E-state index contributed by atoms with van der Waals surface area (Å²) < 4.78 is 24.6. The fourth-order valence-electron chi connectivity index (χ4n) is 7.43. The highest BCUT2D eigenvalue weighted by Gasteiger charge is 2.39. The molecular weight excluding hydrogens is 851 g/mol. The molecule has 0 rings (SSSR count). The van der Waals surface area contributed by atoms with Gasteiger partial charge in [-0.2, -0.15) is 0 Å². The SMILES string of the molecule is CCCCCCCCC=CCCCCCCCC(=O)OC(C[N+](C)(C)CCOC)C(C[N+](C)(C)CCOC)OC(=O)CCCCCCCC=CCCCCCCCC.I. The van der Waals surface area contributed by atoms with Gasteiger partial charge in [-0.15, -0.1) is 24.0 Å². The highest BCUT2D eigenvalue weighted by Crippen LogP contribution is 2.19. The third-order valence-electron chi connectivity index (χ3n) is 11.4. The van der Waals surface area contributed by atoms with Gasteiger partial charge in [0.15, 0.2) is 12.2 Å². The number of rotatable bonds is 43. The molecule has 0 spiro atoms. The average Bonchev–Trinajstić information content (AvgIpc) is 3.18. The van der Waals surface area contributed by atoms with E-state index in [0.717, 1.165) is 64.5 Å². The fourth-order valence-corrected chi connectivity index (χ4v) is 7.43. The van der Waals surface area contributed by atoms with Crippen LogP contribution in [0.2, 0.25) is 0 Å². The monoisotopic (exact) mass is 951 g/mol. The third kappa shape index (κ3) is 40.8. The van der Waals surface area contributed by atoms with Crippen molar-refractivity contribution in [2.24, 2.45) is 0 Å². The number of unbranched alkanes of at least 4 members (excludes halogenated alkanes) is 22. The summed E-state index contributed by atoms with van der Waals surface area (Å²) in [5, 5.41) is 0. The summed E-state index contributed by atoms with van der Waals surface area (Å²) in [4.78, 5) is 26.8. The molecule has 0 aromatic carbocycles. The normalized spacial score (nSPS) is 13.2. The zero-order chi connectivity index (χ0) is 43.0. The van der Waals surface area contributed by atoms with E-state index in [-0.39, 0.29) is 35.9 Å². The number of likely N-dealkylation sites (N-methyl/N-ethyl adjacent to an activating group) is 2. The van der Waals surface area contributed by atoms with E-state index in [4.69, 9.17) is 18.9 Å². The van der Waals surface area contributed by atoms with E-state index in [1.165, 1.54) is 116 Å². The number of carbonyl (C=O) groups excluding carboxylic acids is 2. The van der Waals surface area contributed by atoms with Crippen molar-refractivity contribution in [3.63, 3.8) is 0 Å². The average molecular weight is 951 g/mol. The van der Waals surface area contributed by atoms with E-state index >= 15 is 0 Å². The van der Waals surface area contributed by atoms with Gasteiger partial charge in [-0.25, -0.2) is 0 Å². The second kappa shape index (κ2) is 42.3. The Hall–Kier alpha value is -1.01. The minimum atomic E-state index is -0.555. The number of nitrogens with zero attached hydrogens (tertiary/aromatic N) is 2. The van der Waals surface area contributed by atoms with Gasteiger partial charge in [0.2, 0.25) is 0 Å². The van der Waals surface area contributed by atoms with Gasteiger partial charge in [-0.05, 0) is 64.2 Å². The van der Waals surface area contributed by atoms with Gasteiger partial charge in [0, 0.05) is 27.1 Å². The van der Waals surface area contributed by atoms with Crippen molar-refractivity contribution in [3.8, 4) is 0 Å². The van der Waals surface area contributed by atoms with Crippen LogP contribution in [0.3, 0.4) is 0 Å². The summed E-state index contributed by atoms with van der Waals surface area (Å²) in [6.45, 7) is 8.33. The predicted octanol–water partition coefficient (Wildman–Crippen LogP) is 12.9. The lowest BCUT2D eigenvalue weighted by atomic mass is 10.1. The van der Waals surface area contributed by atoms with Crippen LogP contribution in [-0.4, -0.2) is 115 Å². The molecule has 0 aliphatic carbocycles. The van der Waals surface area contributed by atoms with Crippen LogP contribution in [0.4, 0.5) is 0 Å². The van der Waals surface area contributed by atoms with Gasteiger partial charge in [0.1, 0.15) is 26.2 Å². The maximum absolute atomic E-state index is 13.4. The molecule has 0 aromatic rings. The standard InChI is InChI=1S/C50H98N2O6.HI/c1-9-11-13-15-17-19-21-23-25-27-29-31-33-35-37-39-49(53)57-47(45-51(3,4)41-43-55-7)48(46-52(5,6)42-44-56-8)58-50(54)40-38-36-34-32-30-28-26-24-22-20-18-16-14-12-10-2;/h23-26,47-48H,9-22,27-46H2,1-8H3;1H/q+2;. The highest BCUT2D eigenvalue weighted by molar-refractivity contribution is 14.0. The summed E-state index contributed by atoms with van der Waals surface area (Å²) in [6, 6.07) is 0. The molecule has 2 atom stereocenters. The Morgan fingerprint density at radius 1 is 0.441 bits per heavy atom. The van der Waals surface area contributed by atoms with E-state index in [0.29, 0.717) is 48.1 Å². The number of carbonyl (C=O) groups is 2. The van der Waals surface area contributed by atoms with Crippen molar-refractivity contribution < 1.29 is 37.5 Å². The fraction of sp³-hybridized carbons (Fsp3) is 0.880. The Bertz CT molecular complexity index is 926. The molecule has 0 radical (unpaired) electrons. The summed E-state index contributed by atoms with van der Waals surface area (Å²) in [5.74, 6) is -0.398. The number of hydrogen-bond donors (Lipinski definition) is 0. The van der Waals surface area contributed by atoms with Crippen LogP contribution in [0.1, 0.15) is 194 Å². The predicted molar refractivity (Wildman–Crippen MR) is 262 cm³/mol. The lowest BCUT2D eigenvalue weighted by Gasteiger charge is -2.39. The smallest absolute Gasteiger partial charge is 0.306 e. The van der Waals surface area contributed by atoms with E-state index in [9.17, 15) is 9.59 Å². The second-order valence-electron chi connectivity index (χ2n) is 18.4. The Labute approximate surface area is 383 Å². The molecular formula is C50H99IN2O6+2. The summed E-state index contributed by atoms with van der Waals surface area (Å²) in [6.07, 6.45) is 40.7. The van der Waals surface area contributed by atoms with Crippen molar-refractivity contribution in [1.82, 2.24) is 0 Å². The molecule has 9 heteroatoms. The molecule has 0 saturated carbocycles. The molecule has 8 nitrogen and oxygen atoms in total. The third-order valence-corrected chi connectivity index (χ3v) is 11.4. The molecule has 2 unspecified atom stereocenters. The first-order chi connectivity index (χ1) is 28.0. The topological polar surface area (TPSA) is 71.1 Å². The molecule has 0 fully saturated rings. The number of methoxy groups -OCH3 is 2. The minimum Gasteiger partial charge on any atom is -0.452 e. The van der Waals surface area contributed by atoms with Crippen LogP contribution in [-0.2, 0) is 28.5 Å². The van der Waals surface area contributed by atoms with Gasteiger partial charge >= 0.3 is 11.9 Å². The van der Waals surface area contributed by atoms with E-state index in [1.54, 1.807) is 14.2 Å². The van der Waals surface area contributed by atoms with Crippen molar-refractivity contribution in [2.45, 2.75) is 206 Å². The van der Waals surface area contributed by atoms with Crippen molar-refractivity contribution in [1.29, 1.82) is 0 Å². The van der Waals surface area contributed by atoms with Crippen molar-refractivity contribution in [3.05, 3.63) is 24.3 Å². The van der Waals surface area contributed by atoms with E-state index in [2.05, 4.69) is 66.3 Å². The number of esters is 2. The minimum absolute atomic E-state index is 0. The van der Waals surface area contributed by atoms with Crippen LogP contribution in [0.15, 0.2) is 24.3 Å². The molecule has 0 saturated heterocycles. The first-order valence-corrected chi connectivity index (χ1v) is 24.3. The van der Waals surface area contributed by atoms with Crippen LogP contribution < -0.4 is 0 Å². The zero-order valence-corrected chi connectivity index (χ0v) is 42.6. The Morgan fingerprint density at radius 2 is 0.712 bits per heavy atom. The van der Waals surface area contributed by atoms with Gasteiger partial charge in [-0.1, -0.05) is 141 Å². The quantitative estimate of drug-likeness (QED) is 0.0199. The van der Waals surface area contributed by atoms with E-state index in [1.807, 2.05) is 0 Å². The lowest BCUT2D eigenvalue weighted by molar-refractivity contribution is -0.901. The summed E-state index contributed by atoms with van der Waals surface area (Å²) in [7, 11) is 11.9. The molecule has 350 valence electrons. The number of quaternary nitrogens is 2. The largest absolute Gasteiger partial charge is 0.452 e. The maximum Gasteiger partial charge on any atom is 0.306 e. The Morgan fingerprint density at radius 3 is 1.00 bits per heavy atom. The number of ether oxygens (including phenoxy) is 4. The first-order valence-electron chi connectivity index (χ1n) is 24.3. The lowest BCUT2D eigenvalue weighted by Crippen LogP contribution is -2.57. The Kier molecular flexibility index (Phi) is 43.1. The van der Waals surface area contributed by atoms with Crippen LogP contribution >= 0.6 is 24.0 Å². The maximum atomic E-state index is 13.4. The van der Waals surface area contributed by atoms with Crippen molar-refractivity contribution in [2.75, 3.05) is 81.8 Å². The summed E-state index contributed by atoms with van der Waals surface area (Å²) in [5.41, 5.74) is 0. The molecule has 0 amide bonds. The number of allylic oxidation sites excluding steroid dienone is 4. The van der Waals surface area contributed by atoms with Crippen LogP contribution in [0.5, 0.6) is 0 Å². The first kappa shape index (κ1) is 60.1. The molecule has 0 N–H and O–H groups in total. The van der Waals surface area contributed by atoms with Crippen LogP contribution in [0, 0.1) is 0 Å². The number of hydrogen-bond acceptors (Lipinski definition) is 6. The highest BCUT2D eigenvalue weighted by atomic mass is 127. The van der Waals surface area contributed by atoms with Gasteiger partial charge in [0.25, 0.3) is 0 Å².